The second-order valence-electron chi connectivity index (χ2n) is 4.79. The predicted octanol–water partition coefficient (Wildman–Crippen LogP) is 3.32. The van der Waals surface area contributed by atoms with Gasteiger partial charge in [-0.1, -0.05) is 12.2 Å². The molecule has 90 valence electrons. The van der Waals surface area contributed by atoms with Crippen LogP contribution in [0.3, 0.4) is 0 Å². The summed E-state index contributed by atoms with van der Waals surface area (Å²) < 4.78 is 5.31. The molecule has 0 bridgehead atoms. The van der Waals surface area contributed by atoms with Gasteiger partial charge in [0.25, 0.3) is 0 Å². The van der Waals surface area contributed by atoms with E-state index in [0.717, 1.165) is 34.4 Å². The fourth-order valence-corrected chi connectivity index (χ4v) is 2.48. The number of methoxy groups -OCH3 is 1. The Hall–Kier alpha value is -1.57. The van der Waals surface area contributed by atoms with E-state index in [1.165, 1.54) is 0 Å². The van der Waals surface area contributed by atoms with E-state index in [1.807, 2.05) is 26.0 Å². The summed E-state index contributed by atoms with van der Waals surface area (Å²) in [6, 6.07) is 3.77. The molecule has 0 aliphatic heterocycles. The Bertz CT molecular complexity index is 486. The minimum absolute atomic E-state index is 0.227. The summed E-state index contributed by atoms with van der Waals surface area (Å²) >= 11 is 0. The smallest absolute Gasteiger partial charge is 0.163 e. The molecule has 0 saturated carbocycles. The molecular weight excluding hydrogens is 212 g/mol. The number of ketones is 1. The number of ether oxygens (including phenoxy) is 1. The SMILES string of the molecule is C=C(C)[C@@H]1CC(=O)c2ccc(OC)c(C)c2C1. The maximum atomic E-state index is 12.1. The summed E-state index contributed by atoms with van der Waals surface area (Å²) in [5.41, 5.74) is 4.17. The van der Waals surface area contributed by atoms with Gasteiger partial charge in [-0.05, 0) is 49.4 Å². The Labute approximate surface area is 102 Å². The van der Waals surface area contributed by atoms with Crippen LogP contribution in [0.25, 0.3) is 0 Å². The highest BCUT2D eigenvalue weighted by molar-refractivity contribution is 5.99. The number of allylic oxidation sites excluding steroid dienone is 1. The Morgan fingerprint density at radius 3 is 2.71 bits per heavy atom. The normalized spacial score (nSPS) is 18.8. The van der Waals surface area contributed by atoms with Gasteiger partial charge >= 0.3 is 0 Å². The van der Waals surface area contributed by atoms with Crippen molar-refractivity contribution in [1.82, 2.24) is 0 Å². The number of carbonyl (C=O) groups excluding carboxylic acids is 1. The van der Waals surface area contributed by atoms with Gasteiger partial charge in [-0.15, -0.1) is 0 Å². The Balaban J connectivity index is 2.50. The Morgan fingerprint density at radius 1 is 1.41 bits per heavy atom. The minimum atomic E-state index is 0.227. The standard InChI is InChI=1S/C15H18O2/c1-9(2)11-7-13-10(3)15(17-4)6-5-12(13)14(16)8-11/h5-6,11H,1,7-8H2,2-4H3/t11-/m0/s1. The molecule has 1 aromatic rings. The monoisotopic (exact) mass is 230 g/mol. The number of hydrogen-bond acceptors (Lipinski definition) is 2. The molecule has 1 aliphatic rings. The van der Waals surface area contributed by atoms with Crippen molar-refractivity contribution in [1.29, 1.82) is 0 Å². The van der Waals surface area contributed by atoms with Gasteiger partial charge in [-0.2, -0.15) is 0 Å². The largest absolute Gasteiger partial charge is 0.496 e. The number of benzene rings is 1. The first-order valence-corrected chi connectivity index (χ1v) is 5.89. The van der Waals surface area contributed by atoms with Gasteiger partial charge in [0, 0.05) is 12.0 Å². The molecule has 2 heteroatoms. The van der Waals surface area contributed by atoms with Gasteiger partial charge in [0.05, 0.1) is 7.11 Å². The number of carbonyl (C=O) groups is 1. The third-order valence-electron chi connectivity index (χ3n) is 3.65. The number of fused-ring (bicyclic) bond motifs is 1. The second kappa shape index (κ2) is 4.36. The number of Topliss-reactive ketones (excluding diaryl/α,β-unsaturated/α-hetero) is 1. The van der Waals surface area contributed by atoms with Gasteiger partial charge in [-0.25, -0.2) is 0 Å². The molecule has 1 aliphatic carbocycles. The van der Waals surface area contributed by atoms with Crippen LogP contribution in [0.4, 0.5) is 0 Å². The lowest BCUT2D eigenvalue weighted by Gasteiger charge is -2.26. The average molecular weight is 230 g/mol. The fraction of sp³-hybridized carbons (Fsp3) is 0.400. The van der Waals surface area contributed by atoms with Crippen LogP contribution < -0.4 is 4.74 Å². The van der Waals surface area contributed by atoms with Crippen molar-refractivity contribution in [3.05, 3.63) is 41.0 Å². The van der Waals surface area contributed by atoms with Crippen LogP contribution in [-0.4, -0.2) is 12.9 Å². The highest BCUT2D eigenvalue weighted by Gasteiger charge is 2.27. The highest BCUT2D eigenvalue weighted by Crippen LogP contribution is 2.34. The summed E-state index contributed by atoms with van der Waals surface area (Å²) in [5.74, 6) is 1.37. The lowest BCUT2D eigenvalue weighted by molar-refractivity contribution is 0.0956. The maximum absolute atomic E-state index is 12.1. The zero-order valence-corrected chi connectivity index (χ0v) is 10.7. The molecule has 2 rings (SSSR count). The molecule has 0 N–H and O–H groups in total. The summed E-state index contributed by atoms with van der Waals surface area (Å²) in [4.78, 5) is 12.1. The molecule has 0 radical (unpaired) electrons. The summed E-state index contributed by atoms with van der Waals surface area (Å²) in [6.45, 7) is 7.99. The first kappa shape index (κ1) is 11.9. The molecule has 2 nitrogen and oxygen atoms in total. The van der Waals surface area contributed by atoms with Crippen LogP contribution in [0, 0.1) is 12.8 Å². The van der Waals surface area contributed by atoms with E-state index in [9.17, 15) is 4.79 Å². The summed E-state index contributed by atoms with van der Waals surface area (Å²) in [5, 5.41) is 0. The molecule has 0 heterocycles. The Morgan fingerprint density at radius 2 is 2.12 bits per heavy atom. The topological polar surface area (TPSA) is 26.3 Å². The van der Waals surface area contributed by atoms with E-state index in [4.69, 9.17) is 4.74 Å². The molecule has 0 amide bonds. The summed E-state index contributed by atoms with van der Waals surface area (Å²) in [6.07, 6.45) is 1.49. The quantitative estimate of drug-likeness (QED) is 0.728. The molecule has 17 heavy (non-hydrogen) atoms. The molecule has 0 aromatic heterocycles. The number of rotatable bonds is 2. The van der Waals surface area contributed by atoms with Gasteiger partial charge in [-0.3, -0.25) is 4.79 Å². The zero-order chi connectivity index (χ0) is 12.6. The van der Waals surface area contributed by atoms with E-state index < -0.39 is 0 Å². The van der Waals surface area contributed by atoms with E-state index in [-0.39, 0.29) is 11.7 Å². The summed E-state index contributed by atoms with van der Waals surface area (Å²) in [7, 11) is 1.66. The van der Waals surface area contributed by atoms with Crippen molar-refractivity contribution in [3.63, 3.8) is 0 Å². The molecule has 1 aromatic carbocycles. The van der Waals surface area contributed by atoms with Crippen LogP contribution in [0.5, 0.6) is 5.75 Å². The lowest BCUT2D eigenvalue weighted by atomic mass is 9.78. The number of hydrogen-bond donors (Lipinski definition) is 0. The van der Waals surface area contributed by atoms with Gasteiger partial charge in [0.2, 0.25) is 0 Å². The molecular formula is C15H18O2. The van der Waals surface area contributed by atoms with Crippen LogP contribution in [0.1, 0.15) is 34.8 Å². The van der Waals surface area contributed by atoms with E-state index in [0.29, 0.717) is 6.42 Å². The average Bonchev–Trinajstić information content (AvgIpc) is 2.30. The predicted molar refractivity (Wildman–Crippen MR) is 68.7 cm³/mol. The van der Waals surface area contributed by atoms with Crippen molar-refractivity contribution in [2.75, 3.05) is 7.11 Å². The Kier molecular flexibility index (Phi) is 3.05. The minimum Gasteiger partial charge on any atom is -0.496 e. The van der Waals surface area contributed by atoms with Crippen molar-refractivity contribution >= 4 is 5.78 Å². The zero-order valence-electron chi connectivity index (χ0n) is 10.7. The molecule has 0 fully saturated rings. The van der Waals surface area contributed by atoms with Crippen molar-refractivity contribution in [2.45, 2.75) is 26.7 Å². The van der Waals surface area contributed by atoms with E-state index in [1.54, 1.807) is 7.11 Å². The van der Waals surface area contributed by atoms with Crippen molar-refractivity contribution in [2.24, 2.45) is 5.92 Å². The third kappa shape index (κ3) is 1.99. The van der Waals surface area contributed by atoms with Crippen molar-refractivity contribution < 1.29 is 9.53 Å². The molecule has 0 spiro atoms. The van der Waals surface area contributed by atoms with Crippen molar-refractivity contribution in [3.8, 4) is 5.75 Å². The van der Waals surface area contributed by atoms with Gasteiger partial charge in [0.15, 0.2) is 5.78 Å². The first-order chi connectivity index (χ1) is 8.04. The van der Waals surface area contributed by atoms with E-state index in [2.05, 4.69) is 6.58 Å². The van der Waals surface area contributed by atoms with Crippen LogP contribution >= 0.6 is 0 Å². The molecule has 0 unspecified atom stereocenters. The van der Waals surface area contributed by atoms with E-state index >= 15 is 0 Å². The first-order valence-electron chi connectivity index (χ1n) is 5.89. The van der Waals surface area contributed by atoms with Crippen LogP contribution in [-0.2, 0) is 6.42 Å². The second-order valence-corrected chi connectivity index (χ2v) is 4.79. The highest BCUT2D eigenvalue weighted by atomic mass is 16.5. The van der Waals surface area contributed by atoms with Gasteiger partial charge in [0.1, 0.15) is 5.75 Å². The maximum Gasteiger partial charge on any atom is 0.163 e. The molecule has 0 saturated heterocycles. The van der Waals surface area contributed by atoms with Crippen LogP contribution in [0.15, 0.2) is 24.3 Å². The van der Waals surface area contributed by atoms with Crippen LogP contribution in [0.2, 0.25) is 0 Å². The fourth-order valence-electron chi connectivity index (χ4n) is 2.48. The lowest BCUT2D eigenvalue weighted by Crippen LogP contribution is -2.21. The van der Waals surface area contributed by atoms with Gasteiger partial charge < -0.3 is 4.74 Å². The molecule has 1 atom stereocenters. The third-order valence-corrected chi connectivity index (χ3v) is 3.65.